The second kappa shape index (κ2) is 6.89. The Morgan fingerprint density at radius 2 is 1.46 bits per heavy atom. The summed E-state index contributed by atoms with van der Waals surface area (Å²) in [6.45, 7) is 8.21. The van der Waals surface area contributed by atoms with Crippen LogP contribution in [0.5, 0.6) is 0 Å². The second-order valence-electron chi connectivity index (χ2n) is 6.14. The molecule has 1 unspecified atom stereocenters. The predicted molar refractivity (Wildman–Crippen MR) is 119 cm³/mol. The highest BCUT2D eigenvalue weighted by Crippen LogP contribution is 2.50. The van der Waals surface area contributed by atoms with Crippen molar-refractivity contribution in [3.63, 3.8) is 0 Å². The van der Waals surface area contributed by atoms with Crippen LogP contribution in [0.25, 0.3) is 5.57 Å². The molecule has 0 saturated heterocycles. The van der Waals surface area contributed by atoms with Crippen molar-refractivity contribution in [2.45, 2.75) is 32.4 Å². The van der Waals surface area contributed by atoms with Crippen molar-refractivity contribution in [1.29, 1.82) is 0 Å². The summed E-state index contributed by atoms with van der Waals surface area (Å²) in [4.78, 5) is 5.58. The molecule has 7 heteroatoms. The van der Waals surface area contributed by atoms with E-state index >= 15 is 0 Å². The molecule has 1 aliphatic heterocycles. The highest BCUT2D eigenvalue weighted by molar-refractivity contribution is 9.12. The lowest BCUT2D eigenvalue weighted by molar-refractivity contribution is 0.671. The van der Waals surface area contributed by atoms with Gasteiger partial charge in [-0.1, -0.05) is 6.08 Å². The maximum atomic E-state index is 13.2. The summed E-state index contributed by atoms with van der Waals surface area (Å²) in [5.41, 5.74) is 1.05. The maximum absolute atomic E-state index is 13.2. The number of allylic oxidation sites excluding steroid dienone is 1. The SMILES string of the molecule is Cc1cc(Br)c(C(=C2C(Br)=CC(C)(C)S2=O)c2sc(C)cc2Br)s1. The number of halogens is 3. The fourth-order valence-corrected chi connectivity index (χ4v) is 9.33. The Morgan fingerprint density at radius 3 is 1.75 bits per heavy atom. The first-order valence-electron chi connectivity index (χ1n) is 7.19. The molecule has 0 aliphatic carbocycles. The standard InChI is InChI=1S/C17H15Br3OS3/c1-8-5-10(18)14(22-8)13(15-11(19)6-9(2)23-15)16-12(20)7-17(3,4)24(16)21/h5-7H,1-4H3. The van der Waals surface area contributed by atoms with Gasteiger partial charge in [-0.05, 0) is 87.6 Å². The summed E-state index contributed by atoms with van der Waals surface area (Å²) in [6, 6.07) is 4.24. The van der Waals surface area contributed by atoms with E-state index in [4.69, 9.17) is 0 Å². The highest BCUT2D eigenvalue weighted by atomic mass is 79.9. The van der Waals surface area contributed by atoms with E-state index in [9.17, 15) is 4.21 Å². The monoisotopic (exact) mass is 568 g/mol. The molecule has 3 heterocycles. The lowest BCUT2D eigenvalue weighted by Crippen LogP contribution is -2.19. The molecule has 1 atom stereocenters. The third-order valence-corrected chi connectivity index (χ3v) is 10.3. The molecule has 2 aromatic heterocycles. The molecular weight excluding hydrogens is 556 g/mol. The molecule has 0 amide bonds. The molecule has 0 spiro atoms. The van der Waals surface area contributed by atoms with Crippen molar-refractivity contribution < 1.29 is 4.21 Å². The van der Waals surface area contributed by atoms with Gasteiger partial charge in [0.1, 0.15) is 0 Å². The van der Waals surface area contributed by atoms with Crippen molar-refractivity contribution in [3.8, 4) is 0 Å². The minimum absolute atomic E-state index is 0.378. The zero-order valence-corrected chi connectivity index (χ0v) is 20.7. The highest BCUT2D eigenvalue weighted by Gasteiger charge is 2.38. The maximum Gasteiger partial charge on any atom is 0.0644 e. The number of hydrogen-bond acceptors (Lipinski definition) is 3. The van der Waals surface area contributed by atoms with Crippen LogP contribution in [-0.4, -0.2) is 8.96 Å². The van der Waals surface area contributed by atoms with E-state index in [0.717, 1.165) is 33.7 Å². The van der Waals surface area contributed by atoms with Gasteiger partial charge in [-0.2, -0.15) is 0 Å². The van der Waals surface area contributed by atoms with Crippen LogP contribution < -0.4 is 0 Å². The molecule has 3 rings (SSSR count). The smallest absolute Gasteiger partial charge is 0.0644 e. The third-order valence-electron chi connectivity index (χ3n) is 3.66. The van der Waals surface area contributed by atoms with Crippen LogP contribution in [-0.2, 0) is 10.8 Å². The zero-order valence-electron chi connectivity index (χ0n) is 13.5. The fraction of sp³-hybridized carbons (Fsp3) is 0.294. The largest absolute Gasteiger partial charge is 0.253 e. The van der Waals surface area contributed by atoms with Crippen LogP contribution in [0.15, 0.2) is 36.5 Å². The molecular formula is C17H15Br3OS3. The van der Waals surface area contributed by atoms with Crippen molar-refractivity contribution in [1.82, 2.24) is 0 Å². The van der Waals surface area contributed by atoms with E-state index in [0.29, 0.717) is 0 Å². The number of thiophene rings is 2. The number of rotatable bonds is 2. The van der Waals surface area contributed by atoms with Crippen molar-refractivity contribution in [2.24, 2.45) is 0 Å². The minimum Gasteiger partial charge on any atom is -0.253 e. The van der Waals surface area contributed by atoms with Gasteiger partial charge in [0.05, 0.1) is 30.2 Å². The van der Waals surface area contributed by atoms with Gasteiger partial charge in [0, 0.05) is 28.8 Å². The molecule has 24 heavy (non-hydrogen) atoms. The summed E-state index contributed by atoms with van der Waals surface area (Å²) in [7, 11) is -1.12. The summed E-state index contributed by atoms with van der Waals surface area (Å²) in [5.74, 6) is 0. The first-order valence-corrected chi connectivity index (χ1v) is 12.4. The van der Waals surface area contributed by atoms with Crippen LogP contribution in [0.1, 0.15) is 33.4 Å². The van der Waals surface area contributed by atoms with Gasteiger partial charge in [0.15, 0.2) is 0 Å². The normalized spacial score (nSPS) is 19.7. The van der Waals surface area contributed by atoms with Gasteiger partial charge in [-0.15, -0.1) is 22.7 Å². The van der Waals surface area contributed by atoms with Crippen LogP contribution >= 0.6 is 70.5 Å². The van der Waals surface area contributed by atoms with Gasteiger partial charge in [-0.25, -0.2) is 0 Å². The van der Waals surface area contributed by atoms with Gasteiger partial charge in [0.2, 0.25) is 0 Å². The molecule has 0 fully saturated rings. The van der Waals surface area contributed by atoms with E-state index in [-0.39, 0.29) is 4.75 Å². The molecule has 0 saturated carbocycles. The van der Waals surface area contributed by atoms with E-state index in [1.807, 2.05) is 13.8 Å². The Hall–Kier alpha value is 0.470. The summed E-state index contributed by atoms with van der Waals surface area (Å²) < 4.78 is 15.9. The summed E-state index contributed by atoms with van der Waals surface area (Å²) in [6.07, 6.45) is 2.06. The molecule has 0 radical (unpaired) electrons. The lowest BCUT2D eigenvalue weighted by atomic mass is 10.1. The topological polar surface area (TPSA) is 17.1 Å². The number of aryl methyl sites for hydroxylation is 2. The third kappa shape index (κ3) is 3.37. The Bertz CT molecular complexity index is 867. The van der Waals surface area contributed by atoms with Crippen LogP contribution in [0.2, 0.25) is 0 Å². The van der Waals surface area contributed by atoms with Gasteiger partial charge >= 0.3 is 0 Å². The predicted octanol–water partition coefficient (Wildman–Crippen LogP) is 7.53. The van der Waals surface area contributed by atoms with Gasteiger partial charge in [0.25, 0.3) is 0 Å². The quantitative estimate of drug-likeness (QED) is 0.365. The molecule has 2 aromatic rings. The van der Waals surface area contributed by atoms with Crippen molar-refractivity contribution >= 4 is 86.8 Å². The Balaban J connectivity index is 2.39. The van der Waals surface area contributed by atoms with Crippen LogP contribution in [0, 0.1) is 13.8 Å². The molecule has 0 N–H and O–H groups in total. The van der Waals surface area contributed by atoms with Crippen LogP contribution in [0.4, 0.5) is 0 Å². The summed E-state index contributed by atoms with van der Waals surface area (Å²) >= 11 is 14.5. The van der Waals surface area contributed by atoms with E-state index in [1.165, 1.54) is 9.75 Å². The average Bonchev–Trinajstić information content (AvgIpc) is 3.01. The molecule has 128 valence electrons. The van der Waals surface area contributed by atoms with Crippen molar-refractivity contribution in [2.75, 3.05) is 0 Å². The zero-order chi connectivity index (χ0) is 17.8. The van der Waals surface area contributed by atoms with E-state index < -0.39 is 10.8 Å². The van der Waals surface area contributed by atoms with Crippen molar-refractivity contribution in [3.05, 3.63) is 56.1 Å². The molecule has 1 aliphatic rings. The van der Waals surface area contributed by atoms with Crippen LogP contribution in [0.3, 0.4) is 0 Å². The first kappa shape index (κ1) is 19.2. The Morgan fingerprint density at radius 1 is 1.00 bits per heavy atom. The second-order valence-corrected chi connectivity index (χ2v) is 13.2. The summed E-state index contributed by atoms with van der Waals surface area (Å²) in [5, 5.41) is 0. The molecule has 0 aromatic carbocycles. The average molecular weight is 571 g/mol. The molecule has 1 nitrogen and oxygen atoms in total. The fourth-order valence-electron chi connectivity index (χ4n) is 2.60. The van der Waals surface area contributed by atoms with Gasteiger partial charge < -0.3 is 0 Å². The Labute approximate surface area is 178 Å². The molecule has 0 bridgehead atoms. The Kier molecular flexibility index (Phi) is 5.52. The van der Waals surface area contributed by atoms with Gasteiger partial charge in [-0.3, -0.25) is 4.21 Å². The lowest BCUT2D eigenvalue weighted by Gasteiger charge is -2.16. The van der Waals surface area contributed by atoms with E-state index in [2.05, 4.69) is 79.8 Å². The first-order chi connectivity index (χ1) is 11.1. The minimum atomic E-state index is -1.12. The number of hydrogen-bond donors (Lipinski definition) is 0. The van der Waals surface area contributed by atoms with E-state index in [1.54, 1.807) is 22.7 Å².